The smallest absolute Gasteiger partial charge is 0.270 e. The van der Waals surface area contributed by atoms with Crippen LogP contribution in [0.5, 0.6) is 0 Å². The number of benzene rings is 1. The Morgan fingerprint density at radius 2 is 2.07 bits per heavy atom. The molecule has 2 N–H and O–H groups in total. The fourth-order valence-electron chi connectivity index (χ4n) is 4.39. The van der Waals surface area contributed by atoms with E-state index >= 15 is 0 Å². The fraction of sp³-hybridized carbons (Fsp3) is 0.545. The van der Waals surface area contributed by atoms with Crippen LogP contribution in [0.15, 0.2) is 24.3 Å². The molecule has 0 saturated carbocycles. The van der Waals surface area contributed by atoms with E-state index in [0.29, 0.717) is 36.3 Å². The molecule has 2 aromatic rings. The van der Waals surface area contributed by atoms with E-state index in [4.69, 9.17) is 16.3 Å². The van der Waals surface area contributed by atoms with E-state index in [2.05, 4.69) is 10.3 Å². The van der Waals surface area contributed by atoms with E-state index in [1.54, 1.807) is 0 Å². The number of likely N-dealkylation sites (tertiary alicyclic amines) is 1. The predicted molar refractivity (Wildman–Crippen MR) is 113 cm³/mol. The van der Waals surface area contributed by atoms with Crippen LogP contribution in [-0.4, -0.2) is 54.0 Å². The van der Waals surface area contributed by atoms with Crippen LogP contribution in [0.2, 0.25) is 5.02 Å². The van der Waals surface area contributed by atoms with Crippen LogP contribution >= 0.6 is 11.6 Å². The molecule has 2 fully saturated rings. The number of nitrogens with one attached hydrogen (secondary N) is 2. The number of amides is 2. The first-order chi connectivity index (χ1) is 14.0. The Bertz CT molecular complexity index is 883. The van der Waals surface area contributed by atoms with Crippen molar-refractivity contribution in [3.63, 3.8) is 0 Å². The minimum Gasteiger partial charge on any atom is -0.376 e. The Labute approximate surface area is 175 Å². The van der Waals surface area contributed by atoms with Gasteiger partial charge in [0.1, 0.15) is 5.69 Å². The third kappa shape index (κ3) is 4.59. The molecule has 3 heterocycles. The van der Waals surface area contributed by atoms with E-state index in [1.807, 2.05) is 36.1 Å². The highest BCUT2D eigenvalue weighted by Crippen LogP contribution is 2.27. The van der Waals surface area contributed by atoms with Crippen LogP contribution in [-0.2, 0) is 9.53 Å². The maximum Gasteiger partial charge on any atom is 0.270 e. The molecule has 6 nitrogen and oxygen atoms in total. The van der Waals surface area contributed by atoms with Crippen LogP contribution in [0.1, 0.15) is 43.1 Å². The monoisotopic (exact) mass is 417 g/mol. The zero-order chi connectivity index (χ0) is 20.4. The molecule has 7 heteroatoms. The second kappa shape index (κ2) is 8.76. The number of hydrogen-bond donors (Lipinski definition) is 2. The van der Waals surface area contributed by atoms with Crippen LogP contribution in [0.3, 0.4) is 0 Å². The summed E-state index contributed by atoms with van der Waals surface area (Å²) in [5, 5.41) is 4.63. The average Bonchev–Trinajstić information content (AvgIpc) is 3.40. The van der Waals surface area contributed by atoms with Gasteiger partial charge >= 0.3 is 0 Å². The number of aromatic nitrogens is 1. The van der Waals surface area contributed by atoms with Crippen molar-refractivity contribution in [1.29, 1.82) is 0 Å². The molecular weight excluding hydrogens is 390 g/mol. The molecule has 2 saturated heterocycles. The van der Waals surface area contributed by atoms with Crippen molar-refractivity contribution in [1.82, 2.24) is 15.2 Å². The van der Waals surface area contributed by atoms with Gasteiger partial charge in [-0.1, -0.05) is 18.5 Å². The summed E-state index contributed by atoms with van der Waals surface area (Å²) in [4.78, 5) is 30.4. The maximum absolute atomic E-state index is 12.9. The molecule has 0 radical (unpaired) electrons. The van der Waals surface area contributed by atoms with Gasteiger partial charge in [0.2, 0.25) is 5.91 Å². The topological polar surface area (TPSA) is 74.4 Å². The number of nitrogens with zero attached hydrogens (tertiary/aromatic N) is 1. The SMILES string of the molecule is C[C@@H](C(=O)NC[C@@H]1CCCO1)C1CCN(C(=O)c2cc3cc(Cl)ccc3[nH]2)CC1. The number of fused-ring (bicyclic) bond motifs is 1. The zero-order valence-electron chi connectivity index (χ0n) is 16.7. The highest BCUT2D eigenvalue weighted by atomic mass is 35.5. The summed E-state index contributed by atoms with van der Waals surface area (Å²) in [6, 6.07) is 7.41. The molecule has 156 valence electrons. The molecule has 2 aliphatic heterocycles. The van der Waals surface area contributed by atoms with Crippen LogP contribution in [0.4, 0.5) is 0 Å². The summed E-state index contributed by atoms with van der Waals surface area (Å²) in [6.45, 7) is 4.73. The Hall–Kier alpha value is -2.05. The Morgan fingerprint density at radius 1 is 1.28 bits per heavy atom. The number of H-pyrrole nitrogens is 1. The van der Waals surface area contributed by atoms with Gasteiger partial charge in [0, 0.05) is 48.1 Å². The number of carbonyl (C=O) groups excluding carboxylic acids is 2. The zero-order valence-corrected chi connectivity index (χ0v) is 17.5. The number of hydrogen-bond acceptors (Lipinski definition) is 3. The molecular formula is C22H28ClN3O3. The van der Waals surface area contributed by atoms with E-state index in [0.717, 1.165) is 43.2 Å². The van der Waals surface area contributed by atoms with Crippen LogP contribution in [0.25, 0.3) is 10.9 Å². The number of carbonyl (C=O) groups is 2. The lowest BCUT2D eigenvalue weighted by Gasteiger charge is -2.34. The third-order valence-corrected chi connectivity index (χ3v) is 6.52. The first-order valence-electron chi connectivity index (χ1n) is 10.5. The molecule has 0 unspecified atom stereocenters. The highest BCUT2D eigenvalue weighted by molar-refractivity contribution is 6.31. The summed E-state index contributed by atoms with van der Waals surface area (Å²) in [5.74, 6) is 0.345. The Morgan fingerprint density at radius 3 is 2.79 bits per heavy atom. The fourth-order valence-corrected chi connectivity index (χ4v) is 4.57. The second-order valence-corrected chi connectivity index (χ2v) is 8.65. The molecule has 0 spiro atoms. The molecule has 0 aliphatic carbocycles. The van der Waals surface area contributed by atoms with Crippen LogP contribution in [0, 0.1) is 11.8 Å². The molecule has 1 aromatic carbocycles. The van der Waals surface area contributed by atoms with E-state index in [1.165, 1.54) is 0 Å². The summed E-state index contributed by atoms with van der Waals surface area (Å²) in [5.41, 5.74) is 1.49. The number of rotatable bonds is 5. The lowest BCUT2D eigenvalue weighted by Crippen LogP contribution is -2.43. The minimum absolute atomic E-state index is 0.00580. The number of halogens is 1. The highest BCUT2D eigenvalue weighted by Gasteiger charge is 2.31. The minimum atomic E-state index is -0.0520. The van der Waals surface area contributed by atoms with Gasteiger partial charge in [0.25, 0.3) is 5.91 Å². The first-order valence-corrected chi connectivity index (χ1v) is 10.9. The van der Waals surface area contributed by atoms with Crippen molar-refractivity contribution < 1.29 is 14.3 Å². The van der Waals surface area contributed by atoms with Crippen molar-refractivity contribution in [2.24, 2.45) is 11.8 Å². The normalized spacial score (nSPS) is 21.4. The van der Waals surface area contributed by atoms with Gasteiger partial charge in [-0.15, -0.1) is 0 Å². The van der Waals surface area contributed by atoms with Gasteiger partial charge in [0.05, 0.1) is 6.10 Å². The largest absolute Gasteiger partial charge is 0.376 e. The van der Waals surface area contributed by atoms with E-state index in [-0.39, 0.29) is 23.8 Å². The number of aromatic amines is 1. The summed E-state index contributed by atoms with van der Waals surface area (Å²) < 4.78 is 5.57. The molecule has 2 amide bonds. The molecule has 1 aromatic heterocycles. The van der Waals surface area contributed by atoms with Crippen molar-refractivity contribution in [2.45, 2.75) is 38.7 Å². The van der Waals surface area contributed by atoms with E-state index in [9.17, 15) is 9.59 Å². The third-order valence-electron chi connectivity index (χ3n) is 6.29. The van der Waals surface area contributed by atoms with E-state index < -0.39 is 0 Å². The maximum atomic E-state index is 12.9. The molecule has 0 bridgehead atoms. The standard InChI is InChI=1S/C22H28ClN3O3/c1-14(21(27)24-13-18-3-2-10-29-18)15-6-8-26(9-7-15)22(28)20-12-16-11-17(23)4-5-19(16)25-20/h4-5,11-12,14-15,18,25H,2-3,6-10,13H2,1H3,(H,24,27)/t14-,18+/m1/s1. The van der Waals surface area contributed by atoms with Gasteiger partial charge in [-0.05, 0) is 55.9 Å². The first kappa shape index (κ1) is 20.2. The predicted octanol–water partition coefficient (Wildman–Crippen LogP) is 3.60. The number of ether oxygens (including phenoxy) is 1. The van der Waals surface area contributed by atoms with Gasteiger partial charge in [-0.2, -0.15) is 0 Å². The molecule has 29 heavy (non-hydrogen) atoms. The Kier molecular flexibility index (Phi) is 6.11. The van der Waals surface area contributed by atoms with Crippen molar-refractivity contribution in [3.8, 4) is 0 Å². The molecule has 4 rings (SSSR count). The quantitative estimate of drug-likeness (QED) is 0.780. The lowest BCUT2D eigenvalue weighted by atomic mass is 9.84. The van der Waals surface area contributed by atoms with Gasteiger partial charge in [-0.3, -0.25) is 9.59 Å². The van der Waals surface area contributed by atoms with Crippen molar-refractivity contribution in [2.75, 3.05) is 26.2 Å². The summed E-state index contributed by atoms with van der Waals surface area (Å²) in [6.07, 6.45) is 3.94. The lowest BCUT2D eigenvalue weighted by molar-refractivity contribution is -0.127. The average molecular weight is 418 g/mol. The second-order valence-electron chi connectivity index (χ2n) is 8.21. The van der Waals surface area contributed by atoms with Crippen LogP contribution < -0.4 is 5.32 Å². The van der Waals surface area contributed by atoms with Crippen molar-refractivity contribution in [3.05, 3.63) is 35.0 Å². The van der Waals surface area contributed by atoms with Crippen molar-refractivity contribution >= 4 is 34.3 Å². The molecule has 2 aliphatic rings. The van der Waals surface area contributed by atoms with Gasteiger partial charge in [0.15, 0.2) is 0 Å². The molecule has 2 atom stereocenters. The van der Waals surface area contributed by atoms with Gasteiger partial charge < -0.3 is 19.9 Å². The number of piperidine rings is 1. The van der Waals surface area contributed by atoms with Gasteiger partial charge in [-0.25, -0.2) is 0 Å². The Balaban J connectivity index is 1.29. The summed E-state index contributed by atoms with van der Waals surface area (Å²) in [7, 11) is 0. The summed E-state index contributed by atoms with van der Waals surface area (Å²) >= 11 is 6.04.